The van der Waals surface area contributed by atoms with E-state index in [2.05, 4.69) is 10.3 Å². The number of rotatable bonds is 6. The van der Waals surface area contributed by atoms with Crippen LogP contribution in [0.3, 0.4) is 0 Å². The molecular formula is C18H18N2O4. The first-order valence-electron chi connectivity index (χ1n) is 7.67. The highest BCUT2D eigenvalue weighted by Gasteiger charge is 2.50. The van der Waals surface area contributed by atoms with E-state index in [9.17, 15) is 14.7 Å². The van der Waals surface area contributed by atoms with E-state index in [-0.39, 0.29) is 12.5 Å². The quantitative estimate of drug-likeness (QED) is 0.850. The average Bonchev–Trinajstić information content (AvgIpc) is 3.41. The molecule has 1 heterocycles. The number of carbonyl (C=O) groups is 2. The maximum Gasteiger partial charge on any atom is 0.311 e. The lowest BCUT2D eigenvalue weighted by Gasteiger charge is -2.13. The lowest BCUT2D eigenvalue weighted by atomic mass is 10.0. The molecule has 1 fully saturated rings. The van der Waals surface area contributed by atoms with Gasteiger partial charge in [0.25, 0.3) is 5.91 Å². The van der Waals surface area contributed by atoms with E-state index < -0.39 is 11.4 Å². The Morgan fingerprint density at radius 1 is 1.29 bits per heavy atom. The van der Waals surface area contributed by atoms with Crippen molar-refractivity contribution in [2.45, 2.75) is 12.8 Å². The molecule has 1 aromatic heterocycles. The van der Waals surface area contributed by atoms with Gasteiger partial charge in [-0.1, -0.05) is 6.07 Å². The van der Waals surface area contributed by atoms with Crippen molar-refractivity contribution in [1.29, 1.82) is 0 Å². The smallest absolute Gasteiger partial charge is 0.311 e. The minimum atomic E-state index is -0.855. The van der Waals surface area contributed by atoms with E-state index in [1.165, 1.54) is 0 Å². The van der Waals surface area contributed by atoms with Crippen LogP contribution in [-0.4, -0.2) is 35.6 Å². The third kappa shape index (κ3) is 3.08. The van der Waals surface area contributed by atoms with Crippen molar-refractivity contribution >= 4 is 11.9 Å². The predicted molar refractivity (Wildman–Crippen MR) is 87.9 cm³/mol. The third-order valence-electron chi connectivity index (χ3n) is 4.30. The van der Waals surface area contributed by atoms with Crippen LogP contribution in [0.5, 0.6) is 5.75 Å². The number of ether oxygens (including phenoxy) is 1. The number of carboxylic acids is 1. The molecule has 0 aliphatic heterocycles. The van der Waals surface area contributed by atoms with E-state index in [0.29, 0.717) is 35.4 Å². The minimum Gasteiger partial charge on any atom is -0.496 e. The number of hydrogen-bond acceptors (Lipinski definition) is 4. The van der Waals surface area contributed by atoms with Crippen molar-refractivity contribution in [2.24, 2.45) is 5.41 Å². The van der Waals surface area contributed by atoms with Gasteiger partial charge in [-0.3, -0.25) is 14.6 Å². The molecule has 1 aliphatic rings. The Labute approximate surface area is 139 Å². The fraction of sp³-hybridized carbons (Fsp3) is 0.278. The standard InChI is InChI=1S/C18H18N2O4/c1-24-15-6-5-12(10-13(15)14-4-2-3-9-19-14)16(21)20-11-18(7-8-18)17(22)23/h2-6,9-10H,7-8,11H2,1H3,(H,20,21)(H,22,23). The number of hydrogen-bond donors (Lipinski definition) is 2. The van der Waals surface area contributed by atoms with Crippen LogP contribution in [0.4, 0.5) is 0 Å². The van der Waals surface area contributed by atoms with Gasteiger partial charge in [-0.05, 0) is 43.2 Å². The zero-order chi connectivity index (χ0) is 17.2. The largest absolute Gasteiger partial charge is 0.496 e. The Bertz CT molecular complexity index is 770. The summed E-state index contributed by atoms with van der Waals surface area (Å²) >= 11 is 0. The molecule has 3 rings (SSSR count). The number of amides is 1. The molecule has 6 heteroatoms. The molecule has 1 aliphatic carbocycles. The zero-order valence-corrected chi connectivity index (χ0v) is 13.3. The van der Waals surface area contributed by atoms with E-state index in [0.717, 1.165) is 0 Å². The highest BCUT2D eigenvalue weighted by atomic mass is 16.5. The van der Waals surface area contributed by atoms with Crippen molar-refractivity contribution in [1.82, 2.24) is 10.3 Å². The number of aliphatic carboxylic acids is 1. The van der Waals surface area contributed by atoms with Crippen molar-refractivity contribution in [2.75, 3.05) is 13.7 Å². The number of nitrogens with zero attached hydrogens (tertiary/aromatic N) is 1. The molecular weight excluding hydrogens is 308 g/mol. The van der Waals surface area contributed by atoms with Crippen LogP contribution < -0.4 is 10.1 Å². The topological polar surface area (TPSA) is 88.5 Å². The summed E-state index contributed by atoms with van der Waals surface area (Å²) in [7, 11) is 1.56. The number of methoxy groups -OCH3 is 1. The van der Waals surface area contributed by atoms with Crippen LogP contribution in [0.1, 0.15) is 23.2 Å². The Balaban J connectivity index is 1.81. The molecule has 0 saturated heterocycles. The number of carboxylic acid groups (broad SMARTS) is 1. The average molecular weight is 326 g/mol. The summed E-state index contributed by atoms with van der Waals surface area (Å²) in [6, 6.07) is 10.6. The molecule has 2 aromatic rings. The number of benzene rings is 1. The van der Waals surface area contributed by atoms with Crippen molar-refractivity contribution in [3.05, 3.63) is 48.2 Å². The van der Waals surface area contributed by atoms with Crippen LogP contribution in [0, 0.1) is 5.41 Å². The van der Waals surface area contributed by atoms with Gasteiger partial charge in [-0.15, -0.1) is 0 Å². The normalized spacial score (nSPS) is 14.7. The lowest BCUT2D eigenvalue weighted by Crippen LogP contribution is -2.34. The highest BCUT2D eigenvalue weighted by Crippen LogP contribution is 2.45. The van der Waals surface area contributed by atoms with Crippen LogP contribution in [0.25, 0.3) is 11.3 Å². The Hall–Kier alpha value is -2.89. The maximum absolute atomic E-state index is 12.4. The number of pyridine rings is 1. The monoisotopic (exact) mass is 326 g/mol. The van der Waals surface area contributed by atoms with Crippen LogP contribution >= 0.6 is 0 Å². The van der Waals surface area contributed by atoms with Crippen molar-refractivity contribution in [3.8, 4) is 17.0 Å². The van der Waals surface area contributed by atoms with Crippen molar-refractivity contribution < 1.29 is 19.4 Å². The van der Waals surface area contributed by atoms with Gasteiger partial charge < -0.3 is 15.2 Å². The first-order chi connectivity index (χ1) is 11.6. The Morgan fingerprint density at radius 3 is 2.67 bits per heavy atom. The number of aromatic nitrogens is 1. The maximum atomic E-state index is 12.4. The SMILES string of the molecule is COc1ccc(C(=O)NCC2(C(=O)O)CC2)cc1-c1ccccn1. The second-order valence-electron chi connectivity index (χ2n) is 5.90. The van der Waals surface area contributed by atoms with E-state index in [1.54, 1.807) is 31.5 Å². The van der Waals surface area contributed by atoms with Gasteiger partial charge in [-0.2, -0.15) is 0 Å². The molecule has 24 heavy (non-hydrogen) atoms. The first kappa shape index (κ1) is 16.0. The molecule has 0 radical (unpaired) electrons. The van der Waals surface area contributed by atoms with Gasteiger partial charge in [0.2, 0.25) is 0 Å². The van der Waals surface area contributed by atoms with Gasteiger partial charge in [0, 0.05) is 23.9 Å². The molecule has 0 unspecified atom stereocenters. The van der Waals surface area contributed by atoms with Crippen molar-refractivity contribution in [3.63, 3.8) is 0 Å². The molecule has 0 bridgehead atoms. The molecule has 1 saturated carbocycles. The van der Waals surface area contributed by atoms with Crippen LogP contribution in [0.2, 0.25) is 0 Å². The summed E-state index contributed by atoms with van der Waals surface area (Å²) < 4.78 is 5.34. The van der Waals surface area contributed by atoms with E-state index in [4.69, 9.17) is 4.74 Å². The van der Waals surface area contributed by atoms with Gasteiger partial charge in [0.1, 0.15) is 5.75 Å². The highest BCUT2D eigenvalue weighted by molar-refractivity contribution is 5.96. The second kappa shape index (κ2) is 6.31. The molecule has 124 valence electrons. The van der Waals surface area contributed by atoms with Gasteiger partial charge in [0.05, 0.1) is 18.2 Å². The molecule has 6 nitrogen and oxygen atoms in total. The zero-order valence-electron chi connectivity index (χ0n) is 13.3. The third-order valence-corrected chi connectivity index (χ3v) is 4.30. The van der Waals surface area contributed by atoms with Crippen LogP contribution in [0.15, 0.2) is 42.6 Å². The predicted octanol–water partition coefficient (Wildman–Crippen LogP) is 2.35. The summed E-state index contributed by atoms with van der Waals surface area (Å²) in [5.41, 5.74) is 1.07. The van der Waals surface area contributed by atoms with Gasteiger partial charge in [0.15, 0.2) is 0 Å². The van der Waals surface area contributed by atoms with Gasteiger partial charge >= 0.3 is 5.97 Å². The molecule has 0 atom stereocenters. The first-order valence-corrected chi connectivity index (χ1v) is 7.67. The van der Waals surface area contributed by atoms with Crippen LogP contribution in [-0.2, 0) is 4.79 Å². The Morgan fingerprint density at radius 2 is 2.08 bits per heavy atom. The number of carbonyl (C=O) groups excluding carboxylic acids is 1. The lowest BCUT2D eigenvalue weighted by molar-refractivity contribution is -0.143. The summed E-state index contributed by atoms with van der Waals surface area (Å²) in [4.78, 5) is 27.8. The van der Waals surface area contributed by atoms with E-state index >= 15 is 0 Å². The molecule has 1 aromatic carbocycles. The number of nitrogens with one attached hydrogen (secondary N) is 1. The minimum absolute atomic E-state index is 0.145. The van der Waals surface area contributed by atoms with E-state index in [1.807, 2.05) is 18.2 Å². The summed E-state index contributed by atoms with van der Waals surface area (Å²) in [5.74, 6) is -0.538. The summed E-state index contributed by atoms with van der Waals surface area (Å²) in [5, 5.41) is 11.9. The molecule has 1 amide bonds. The summed E-state index contributed by atoms with van der Waals surface area (Å²) in [6.07, 6.45) is 2.88. The second-order valence-corrected chi connectivity index (χ2v) is 5.90. The van der Waals surface area contributed by atoms with Gasteiger partial charge in [-0.25, -0.2) is 0 Å². The Kier molecular flexibility index (Phi) is 4.20. The fourth-order valence-electron chi connectivity index (χ4n) is 2.54. The molecule has 0 spiro atoms. The summed E-state index contributed by atoms with van der Waals surface area (Å²) in [6.45, 7) is 0.145. The fourth-order valence-corrected chi connectivity index (χ4v) is 2.54. The molecule has 2 N–H and O–H groups in total.